The van der Waals surface area contributed by atoms with E-state index in [1.807, 2.05) is 18.2 Å². The van der Waals surface area contributed by atoms with E-state index < -0.39 is 0 Å². The van der Waals surface area contributed by atoms with Gasteiger partial charge in [0, 0.05) is 38.4 Å². The van der Waals surface area contributed by atoms with Crippen LogP contribution in [0.5, 0.6) is 0 Å². The molecule has 3 aromatic heterocycles. The predicted molar refractivity (Wildman–Crippen MR) is 230 cm³/mol. The second-order valence-electron chi connectivity index (χ2n) is 14.0. The monoisotopic (exact) mass is 715 g/mol. The minimum Gasteiger partial charge on any atom is -0.309 e. The molecule has 8 aromatic carbocycles. The van der Waals surface area contributed by atoms with Gasteiger partial charge in [0.05, 0.1) is 22.1 Å². The highest BCUT2D eigenvalue weighted by Gasteiger charge is 2.23. The molecule has 3 heterocycles. The van der Waals surface area contributed by atoms with Gasteiger partial charge in [-0.25, -0.2) is 4.98 Å². The average molecular weight is 716 g/mol. The fraction of sp³-hybridized carbons (Fsp3) is 0. The lowest BCUT2D eigenvalue weighted by Crippen LogP contribution is -2.06. The van der Waals surface area contributed by atoms with Crippen molar-refractivity contribution in [1.82, 2.24) is 24.1 Å². The highest BCUT2D eigenvalue weighted by molar-refractivity contribution is 6.26. The van der Waals surface area contributed by atoms with Crippen LogP contribution in [0.4, 0.5) is 0 Å². The van der Waals surface area contributed by atoms with Crippen LogP contribution in [0.1, 0.15) is 0 Å². The maximum absolute atomic E-state index is 5.28. The molecule has 5 nitrogen and oxygen atoms in total. The normalized spacial score (nSPS) is 11.6. The molecule has 0 saturated carbocycles. The van der Waals surface area contributed by atoms with Crippen molar-refractivity contribution in [2.75, 3.05) is 0 Å². The van der Waals surface area contributed by atoms with Crippen molar-refractivity contribution in [2.45, 2.75) is 0 Å². The Morgan fingerprint density at radius 1 is 0.304 bits per heavy atom. The molecule has 11 aromatic rings. The Bertz CT molecular complexity index is 3220. The predicted octanol–water partition coefficient (Wildman–Crippen LogP) is 12.7. The molecule has 0 aliphatic rings. The summed E-state index contributed by atoms with van der Waals surface area (Å²) >= 11 is 0. The first-order chi connectivity index (χ1) is 27.8. The summed E-state index contributed by atoms with van der Waals surface area (Å²) < 4.78 is 4.61. The van der Waals surface area contributed by atoms with Crippen LogP contribution >= 0.6 is 0 Å². The van der Waals surface area contributed by atoms with Gasteiger partial charge in [-0.1, -0.05) is 170 Å². The van der Waals surface area contributed by atoms with E-state index in [1.165, 1.54) is 33.0 Å². The number of nitrogens with zero attached hydrogens (tertiary/aromatic N) is 5. The van der Waals surface area contributed by atoms with E-state index >= 15 is 0 Å². The van der Waals surface area contributed by atoms with Gasteiger partial charge < -0.3 is 4.57 Å². The fourth-order valence-electron chi connectivity index (χ4n) is 8.28. The van der Waals surface area contributed by atoms with E-state index in [9.17, 15) is 0 Å². The first-order valence-electron chi connectivity index (χ1n) is 18.9. The maximum atomic E-state index is 5.28. The van der Waals surface area contributed by atoms with E-state index in [-0.39, 0.29) is 0 Å². The first kappa shape index (κ1) is 31.9. The van der Waals surface area contributed by atoms with Gasteiger partial charge in [-0.2, -0.15) is 9.97 Å². The van der Waals surface area contributed by atoms with Crippen molar-refractivity contribution in [1.29, 1.82) is 0 Å². The van der Waals surface area contributed by atoms with Gasteiger partial charge >= 0.3 is 0 Å². The second-order valence-corrected chi connectivity index (χ2v) is 14.0. The lowest BCUT2D eigenvalue weighted by molar-refractivity contribution is 0.953. The second kappa shape index (κ2) is 13.0. The Hall–Kier alpha value is -7.63. The van der Waals surface area contributed by atoms with E-state index in [2.05, 4.69) is 191 Å². The van der Waals surface area contributed by atoms with Crippen LogP contribution in [-0.4, -0.2) is 24.1 Å². The lowest BCUT2D eigenvalue weighted by Gasteiger charge is -2.12. The van der Waals surface area contributed by atoms with Crippen molar-refractivity contribution in [3.63, 3.8) is 0 Å². The molecular weight excluding hydrogens is 683 g/mol. The third kappa shape index (κ3) is 5.13. The van der Waals surface area contributed by atoms with Gasteiger partial charge in [0.15, 0.2) is 11.6 Å². The van der Waals surface area contributed by atoms with Crippen LogP contribution in [0.2, 0.25) is 0 Å². The molecule has 0 atom stereocenters. The summed E-state index contributed by atoms with van der Waals surface area (Å²) in [7, 11) is 0. The van der Waals surface area contributed by atoms with Gasteiger partial charge in [0.2, 0.25) is 5.95 Å². The van der Waals surface area contributed by atoms with E-state index in [0.717, 1.165) is 49.7 Å². The van der Waals surface area contributed by atoms with Crippen molar-refractivity contribution < 1.29 is 0 Å². The van der Waals surface area contributed by atoms with Crippen LogP contribution in [0.15, 0.2) is 200 Å². The largest absolute Gasteiger partial charge is 0.309 e. The van der Waals surface area contributed by atoms with Gasteiger partial charge in [-0.3, -0.25) is 4.57 Å². The third-order valence-corrected chi connectivity index (χ3v) is 10.8. The zero-order valence-corrected chi connectivity index (χ0v) is 30.3. The van der Waals surface area contributed by atoms with Crippen molar-refractivity contribution in [3.05, 3.63) is 200 Å². The molecule has 262 valence electrons. The summed E-state index contributed by atoms with van der Waals surface area (Å²) in [5, 5.41) is 4.71. The summed E-state index contributed by atoms with van der Waals surface area (Å²) in [6, 6.07) is 70.2. The molecule has 0 radical (unpaired) electrons. The number of aromatic nitrogens is 5. The molecule has 0 spiro atoms. The summed E-state index contributed by atoms with van der Waals surface area (Å²) in [5.74, 6) is 1.80. The van der Waals surface area contributed by atoms with Crippen molar-refractivity contribution in [2.24, 2.45) is 0 Å². The number of hydrogen-bond acceptors (Lipinski definition) is 3. The summed E-state index contributed by atoms with van der Waals surface area (Å²) in [5.41, 5.74) is 12.0. The molecule has 0 aliphatic carbocycles. The minimum absolute atomic E-state index is 0.570. The third-order valence-electron chi connectivity index (χ3n) is 10.8. The molecule has 0 unspecified atom stereocenters. The molecule has 0 aliphatic heterocycles. The lowest BCUT2D eigenvalue weighted by atomic mass is 9.94. The quantitative estimate of drug-likeness (QED) is 0.172. The Balaban J connectivity index is 1.14. The molecule has 5 heteroatoms. The van der Waals surface area contributed by atoms with E-state index in [1.54, 1.807) is 0 Å². The molecule has 0 N–H and O–H groups in total. The number of benzene rings is 8. The van der Waals surface area contributed by atoms with Crippen LogP contribution < -0.4 is 0 Å². The standard InChI is InChI=1S/C51H33N5/c1-4-16-34(17-5-1)39-22-10-11-23-40(39)35-28-30-37(31-29-35)50-52-49(36-18-6-2-7-19-36)53-51(54-50)56-45-27-15-13-25-43(45)47-46(56)33-32-42-41-24-12-14-26-44(41)55(48(42)47)38-20-8-3-9-21-38/h1-33H. The molecule has 0 amide bonds. The Morgan fingerprint density at radius 3 is 1.45 bits per heavy atom. The van der Waals surface area contributed by atoms with Gasteiger partial charge in [-0.05, 0) is 52.6 Å². The molecule has 0 saturated heterocycles. The summed E-state index contributed by atoms with van der Waals surface area (Å²) in [6.07, 6.45) is 0. The summed E-state index contributed by atoms with van der Waals surface area (Å²) in [6.45, 7) is 0. The fourth-order valence-corrected chi connectivity index (χ4v) is 8.28. The summed E-state index contributed by atoms with van der Waals surface area (Å²) in [4.78, 5) is 15.6. The van der Waals surface area contributed by atoms with Gasteiger partial charge in [-0.15, -0.1) is 0 Å². The number of rotatable bonds is 6. The zero-order chi connectivity index (χ0) is 37.0. The SMILES string of the molecule is c1ccc(-c2nc(-c3ccc(-c4ccccc4-c4ccccc4)cc3)nc(-n3c4ccccc4c4c3ccc3c5ccccc5n(-c5ccccc5)c34)n2)cc1. The Labute approximate surface area is 323 Å². The van der Waals surface area contributed by atoms with E-state index in [4.69, 9.17) is 15.0 Å². The smallest absolute Gasteiger partial charge is 0.238 e. The molecule has 0 bridgehead atoms. The highest BCUT2D eigenvalue weighted by atomic mass is 15.2. The van der Waals surface area contributed by atoms with Crippen molar-refractivity contribution >= 4 is 43.6 Å². The molecule has 0 fully saturated rings. The Kier molecular flexibility index (Phi) is 7.42. The topological polar surface area (TPSA) is 48.5 Å². The number of hydrogen-bond donors (Lipinski definition) is 0. The van der Waals surface area contributed by atoms with Crippen LogP contribution in [0.25, 0.3) is 100 Å². The van der Waals surface area contributed by atoms with Crippen LogP contribution in [0, 0.1) is 0 Å². The highest BCUT2D eigenvalue weighted by Crippen LogP contribution is 2.42. The maximum Gasteiger partial charge on any atom is 0.238 e. The van der Waals surface area contributed by atoms with Gasteiger partial charge in [0.25, 0.3) is 0 Å². The molecular formula is C51H33N5. The van der Waals surface area contributed by atoms with Crippen LogP contribution in [0.3, 0.4) is 0 Å². The first-order valence-corrected chi connectivity index (χ1v) is 18.9. The van der Waals surface area contributed by atoms with E-state index in [0.29, 0.717) is 17.6 Å². The molecule has 11 rings (SSSR count). The van der Waals surface area contributed by atoms with Crippen LogP contribution in [-0.2, 0) is 0 Å². The number of fused-ring (bicyclic) bond motifs is 7. The average Bonchev–Trinajstić information content (AvgIpc) is 3.80. The van der Waals surface area contributed by atoms with Gasteiger partial charge in [0.1, 0.15) is 0 Å². The molecule has 56 heavy (non-hydrogen) atoms. The zero-order valence-electron chi connectivity index (χ0n) is 30.3. The Morgan fingerprint density at radius 2 is 0.786 bits per heavy atom. The minimum atomic E-state index is 0.570. The number of para-hydroxylation sites is 3. The van der Waals surface area contributed by atoms with Crippen molar-refractivity contribution in [3.8, 4) is 56.7 Å².